The highest BCUT2D eigenvalue weighted by Crippen LogP contribution is 2.30. The second-order valence-electron chi connectivity index (χ2n) is 6.16. The Morgan fingerprint density at radius 1 is 1.15 bits per heavy atom. The number of halogens is 2. The van der Waals surface area contributed by atoms with Gasteiger partial charge in [0.25, 0.3) is 0 Å². The number of para-hydroxylation sites is 2. The molecule has 26 heavy (non-hydrogen) atoms. The average Bonchev–Trinajstić information content (AvgIpc) is 2.63. The molecule has 2 amide bonds. The zero-order valence-electron chi connectivity index (χ0n) is 14.2. The second kappa shape index (κ2) is 7.98. The van der Waals surface area contributed by atoms with Crippen molar-refractivity contribution in [3.8, 4) is 5.75 Å². The van der Waals surface area contributed by atoms with Crippen LogP contribution in [0.4, 0.5) is 5.69 Å². The summed E-state index contributed by atoms with van der Waals surface area (Å²) >= 11 is 12.1. The Kier molecular flexibility index (Phi) is 5.69. The molecular weight excluding hydrogens is 375 g/mol. The number of amides is 2. The van der Waals surface area contributed by atoms with Crippen LogP contribution in [-0.4, -0.2) is 36.9 Å². The van der Waals surface area contributed by atoms with Gasteiger partial charge in [-0.15, -0.1) is 0 Å². The fourth-order valence-electron chi connectivity index (χ4n) is 2.89. The van der Waals surface area contributed by atoms with Crippen molar-refractivity contribution in [2.45, 2.75) is 6.42 Å². The Bertz CT molecular complexity index is 821. The van der Waals surface area contributed by atoms with Gasteiger partial charge in [0.2, 0.25) is 11.8 Å². The average molecular weight is 393 g/mol. The molecule has 1 aliphatic rings. The fourth-order valence-corrected chi connectivity index (χ4v) is 3.38. The van der Waals surface area contributed by atoms with Crippen LogP contribution in [-0.2, 0) is 16.0 Å². The molecular formula is C19H18Cl2N2O3. The molecule has 1 N–H and O–H groups in total. The minimum absolute atomic E-state index is 0.0987. The van der Waals surface area contributed by atoms with Gasteiger partial charge in [-0.25, -0.2) is 0 Å². The van der Waals surface area contributed by atoms with Crippen LogP contribution in [0.25, 0.3) is 0 Å². The molecule has 1 aliphatic heterocycles. The molecule has 1 heterocycles. The zero-order valence-corrected chi connectivity index (χ0v) is 15.7. The summed E-state index contributed by atoms with van der Waals surface area (Å²) < 4.78 is 5.66. The number of carbonyl (C=O) groups is 2. The lowest BCUT2D eigenvalue weighted by Gasteiger charge is -2.28. The third-order valence-corrected chi connectivity index (χ3v) is 4.84. The van der Waals surface area contributed by atoms with Crippen LogP contribution in [0.1, 0.15) is 5.56 Å². The number of benzene rings is 2. The van der Waals surface area contributed by atoms with Crippen molar-refractivity contribution in [2.75, 3.05) is 25.5 Å². The minimum atomic E-state index is -0.368. The van der Waals surface area contributed by atoms with Crippen molar-refractivity contribution in [3.05, 3.63) is 58.1 Å². The quantitative estimate of drug-likeness (QED) is 0.863. The summed E-state index contributed by atoms with van der Waals surface area (Å²) in [6.45, 7) is 0.205. The van der Waals surface area contributed by atoms with Gasteiger partial charge in [0.15, 0.2) is 0 Å². The van der Waals surface area contributed by atoms with E-state index in [9.17, 15) is 9.59 Å². The lowest BCUT2D eigenvalue weighted by atomic mass is 9.95. The van der Waals surface area contributed by atoms with E-state index < -0.39 is 0 Å². The van der Waals surface area contributed by atoms with Gasteiger partial charge in [-0.05, 0) is 30.2 Å². The van der Waals surface area contributed by atoms with E-state index in [1.165, 1.54) is 4.90 Å². The molecule has 2 aromatic rings. The maximum Gasteiger partial charge on any atom is 0.244 e. The Morgan fingerprint density at radius 3 is 2.58 bits per heavy atom. The molecule has 1 unspecified atom stereocenters. The van der Waals surface area contributed by atoms with Crippen LogP contribution >= 0.6 is 23.2 Å². The molecule has 0 spiro atoms. The van der Waals surface area contributed by atoms with Gasteiger partial charge in [0.1, 0.15) is 12.4 Å². The van der Waals surface area contributed by atoms with E-state index in [1.54, 1.807) is 25.2 Å². The number of carbonyl (C=O) groups excluding carboxylic acids is 2. The monoisotopic (exact) mass is 392 g/mol. The zero-order chi connectivity index (χ0) is 18.7. The summed E-state index contributed by atoms with van der Waals surface area (Å²) in [7, 11) is 1.59. The normalized spacial score (nSPS) is 15.6. The summed E-state index contributed by atoms with van der Waals surface area (Å²) in [6.07, 6.45) is 0.595. The van der Waals surface area contributed by atoms with Crippen molar-refractivity contribution in [3.63, 3.8) is 0 Å². The van der Waals surface area contributed by atoms with Crippen LogP contribution in [0.15, 0.2) is 42.5 Å². The van der Waals surface area contributed by atoms with Gasteiger partial charge < -0.3 is 15.0 Å². The summed E-state index contributed by atoms with van der Waals surface area (Å²) in [5, 5.41) is 3.34. The highest BCUT2D eigenvalue weighted by molar-refractivity contribution is 6.39. The number of likely N-dealkylation sites (N-methyl/N-ethyl adjacent to an activating group) is 1. The van der Waals surface area contributed by atoms with Crippen LogP contribution in [0.5, 0.6) is 5.75 Å². The van der Waals surface area contributed by atoms with Gasteiger partial charge in [-0.2, -0.15) is 0 Å². The molecule has 0 fully saturated rings. The first-order chi connectivity index (χ1) is 12.5. The first kappa shape index (κ1) is 18.5. The van der Waals surface area contributed by atoms with Crippen molar-refractivity contribution in [1.29, 1.82) is 0 Å². The van der Waals surface area contributed by atoms with Crippen LogP contribution in [0, 0.1) is 5.92 Å². The highest BCUT2D eigenvalue weighted by atomic mass is 35.5. The summed E-state index contributed by atoms with van der Waals surface area (Å²) in [5.41, 5.74) is 1.34. The molecule has 0 aromatic heterocycles. The molecule has 0 saturated heterocycles. The second-order valence-corrected chi connectivity index (χ2v) is 6.97. The van der Waals surface area contributed by atoms with Crippen LogP contribution in [0.2, 0.25) is 10.0 Å². The lowest BCUT2D eigenvalue weighted by Crippen LogP contribution is -2.42. The molecule has 136 valence electrons. The van der Waals surface area contributed by atoms with E-state index in [1.807, 2.05) is 24.3 Å². The van der Waals surface area contributed by atoms with E-state index in [2.05, 4.69) is 5.32 Å². The Morgan fingerprint density at radius 2 is 1.85 bits per heavy atom. The maximum absolute atomic E-state index is 12.6. The molecule has 7 heteroatoms. The summed E-state index contributed by atoms with van der Waals surface area (Å²) in [5.74, 6) is -0.00945. The van der Waals surface area contributed by atoms with Crippen molar-refractivity contribution >= 4 is 40.7 Å². The molecule has 5 nitrogen and oxygen atoms in total. The van der Waals surface area contributed by atoms with Crippen molar-refractivity contribution < 1.29 is 14.3 Å². The van der Waals surface area contributed by atoms with E-state index >= 15 is 0 Å². The highest BCUT2D eigenvalue weighted by Gasteiger charge is 2.28. The molecule has 2 aromatic carbocycles. The first-order valence-corrected chi connectivity index (χ1v) is 8.91. The van der Waals surface area contributed by atoms with E-state index in [0.717, 1.165) is 11.3 Å². The molecule has 0 saturated carbocycles. The number of hydrogen-bond donors (Lipinski definition) is 1. The largest absolute Gasteiger partial charge is 0.492 e. The SMILES string of the molecule is CN(CC(=O)Nc1c(Cl)cccc1Cl)C(=O)C1COc2ccccc2C1. The van der Waals surface area contributed by atoms with Gasteiger partial charge in [-0.1, -0.05) is 47.5 Å². The predicted molar refractivity (Wildman–Crippen MR) is 102 cm³/mol. The van der Waals surface area contributed by atoms with E-state index in [4.69, 9.17) is 27.9 Å². The molecule has 1 atom stereocenters. The van der Waals surface area contributed by atoms with Gasteiger partial charge >= 0.3 is 0 Å². The Labute approximate surface area is 161 Å². The number of ether oxygens (including phenoxy) is 1. The fraction of sp³-hybridized carbons (Fsp3) is 0.263. The number of anilines is 1. The molecule has 0 bridgehead atoms. The topological polar surface area (TPSA) is 58.6 Å². The van der Waals surface area contributed by atoms with Gasteiger partial charge in [0, 0.05) is 7.05 Å². The summed E-state index contributed by atoms with van der Waals surface area (Å²) in [6, 6.07) is 12.6. The summed E-state index contributed by atoms with van der Waals surface area (Å²) in [4.78, 5) is 26.3. The predicted octanol–water partition coefficient (Wildman–Crippen LogP) is 3.64. The number of nitrogens with one attached hydrogen (secondary N) is 1. The smallest absolute Gasteiger partial charge is 0.244 e. The van der Waals surface area contributed by atoms with E-state index in [0.29, 0.717) is 28.8 Å². The standard InChI is InChI=1S/C19H18Cl2N2O3/c1-23(10-17(24)22-18-14(20)6-4-7-15(18)21)19(25)13-9-12-5-2-3-8-16(12)26-11-13/h2-8,13H,9-11H2,1H3,(H,22,24). The van der Waals surface area contributed by atoms with Gasteiger partial charge in [-0.3, -0.25) is 9.59 Å². The Balaban J connectivity index is 1.60. The Hall–Kier alpha value is -2.24. The molecule has 0 aliphatic carbocycles. The maximum atomic E-state index is 12.6. The number of nitrogens with zero attached hydrogens (tertiary/aromatic N) is 1. The van der Waals surface area contributed by atoms with Crippen LogP contribution < -0.4 is 10.1 Å². The van der Waals surface area contributed by atoms with Crippen molar-refractivity contribution in [1.82, 2.24) is 4.90 Å². The lowest BCUT2D eigenvalue weighted by molar-refractivity contribution is -0.138. The number of hydrogen-bond acceptors (Lipinski definition) is 3. The van der Waals surface area contributed by atoms with Crippen molar-refractivity contribution in [2.24, 2.45) is 5.92 Å². The van der Waals surface area contributed by atoms with Crippen LogP contribution in [0.3, 0.4) is 0 Å². The third-order valence-electron chi connectivity index (χ3n) is 4.21. The van der Waals surface area contributed by atoms with E-state index in [-0.39, 0.29) is 24.3 Å². The first-order valence-electron chi connectivity index (χ1n) is 8.15. The minimum Gasteiger partial charge on any atom is -0.492 e. The van der Waals surface area contributed by atoms with Gasteiger partial charge in [0.05, 0.1) is 28.2 Å². The number of rotatable bonds is 4. The molecule has 3 rings (SSSR count). The third kappa shape index (κ3) is 4.11. The molecule has 0 radical (unpaired) electrons. The number of fused-ring (bicyclic) bond motifs is 1.